The predicted octanol–water partition coefficient (Wildman–Crippen LogP) is 1.39. The molecule has 68 valence electrons. The molecule has 0 unspecified atom stereocenters. The van der Waals surface area contributed by atoms with Crippen LogP contribution in [0.25, 0.3) is 0 Å². The van der Waals surface area contributed by atoms with Gasteiger partial charge in [0.05, 0.1) is 12.7 Å². The maximum absolute atomic E-state index is 10.7. The Morgan fingerprint density at radius 3 is 3.08 bits per heavy atom. The van der Waals surface area contributed by atoms with Crippen molar-refractivity contribution in [3.05, 3.63) is 22.9 Å². The van der Waals surface area contributed by atoms with E-state index in [0.29, 0.717) is 11.4 Å². The van der Waals surface area contributed by atoms with Crippen LogP contribution < -0.4 is 4.74 Å². The molecule has 3 nitrogen and oxygen atoms in total. The van der Waals surface area contributed by atoms with Crippen molar-refractivity contribution in [1.82, 2.24) is 4.98 Å². The highest BCUT2D eigenvalue weighted by atomic mass is 16.5. The number of ether oxygens (including phenoxy) is 1. The monoisotopic (exact) mass is 177 g/mol. The van der Waals surface area contributed by atoms with E-state index in [1.165, 1.54) is 12.7 Å². The molecule has 0 saturated heterocycles. The Kier molecular flexibility index (Phi) is 2.00. The van der Waals surface area contributed by atoms with Crippen molar-refractivity contribution < 1.29 is 9.53 Å². The summed E-state index contributed by atoms with van der Waals surface area (Å²) in [6, 6.07) is 1.89. The summed E-state index contributed by atoms with van der Waals surface area (Å²) in [6.07, 6.45) is 3.97. The molecule has 0 fully saturated rings. The summed E-state index contributed by atoms with van der Waals surface area (Å²) >= 11 is 0. The second-order valence-electron chi connectivity index (χ2n) is 3.16. The van der Waals surface area contributed by atoms with Crippen molar-refractivity contribution >= 4 is 6.29 Å². The number of carbonyl (C=O) groups is 1. The highest BCUT2D eigenvalue weighted by Gasteiger charge is 2.16. The molecule has 1 heterocycles. The molecule has 0 bridgehead atoms. The highest BCUT2D eigenvalue weighted by molar-refractivity contribution is 5.78. The number of aromatic nitrogens is 1. The summed E-state index contributed by atoms with van der Waals surface area (Å²) < 4.78 is 5.02. The van der Waals surface area contributed by atoms with Gasteiger partial charge in [-0.05, 0) is 30.9 Å². The van der Waals surface area contributed by atoms with Crippen LogP contribution in [0.4, 0.5) is 0 Å². The number of aldehydes is 1. The van der Waals surface area contributed by atoms with Crippen LogP contribution in [0.2, 0.25) is 0 Å². The zero-order valence-corrected chi connectivity index (χ0v) is 7.54. The number of nitrogens with zero attached hydrogens (tertiary/aromatic N) is 1. The molecule has 0 amide bonds. The van der Waals surface area contributed by atoms with Crippen LogP contribution in [-0.2, 0) is 12.8 Å². The van der Waals surface area contributed by atoms with Crippen LogP contribution in [0, 0.1) is 0 Å². The lowest BCUT2D eigenvalue weighted by atomic mass is 10.1. The standard InChI is InChI=1S/C10H11NO2/c1-13-10-8(6-12)5-7-3-2-4-9(7)11-10/h5-6H,2-4H2,1H3. The molecule has 0 radical (unpaired) electrons. The fraction of sp³-hybridized carbons (Fsp3) is 0.400. The predicted molar refractivity (Wildman–Crippen MR) is 48.2 cm³/mol. The van der Waals surface area contributed by atoms with Crippen molar-refractivity contribution in [2.75, 3.05) is 7.11 Å². The lowest BCUT2D eigenvalue weighted by Crippen LogP contribution is -1.98. The molecule has 0 aromatic carbocycles. The van der Waals surface area contributed by atoms with Gasteiger partial charge in [0.1, 0.15) is 0 Å². The van der Waals surface area contributed by atoms with E-state index in [1.807, 2.05) is 6.07 Å². The van der Waals surface area contributed by atoms with E-state index in [-0.39, 0.29) is 0 Å². The van der Waals surface area contributed by atoms with Crippen LogP contribution in [0.15, 0.2) is 6.07 Å². The molecule has 1 aromatic rings. The third-order valence-electron chi connectivity index (χ3n) is 2.36. The lowest BCUT2D eigenvalue weighted by Gasteiger charge is -2.05. The van der Waals surface area contributed by atoms with Gasteiger partial charge in [0.2, 0.25) is 5.88 Å². The maximum atomic E-state index is 10.7. The number of aryl methyl sites for hydroxylation is 2. The van der Waals surface area contributed by atoms with Gasteiger partial charge in [-0.1, -0.05) is 0 Å². The highest BCUT2D eigenvalue weighted by Crippen LogP contribution is 2.25. The van der Waals surface area contributed by atoms with Gasteiger partial charge in [-0.3, -0.25) is 4.79 Å². The van der Waals surface area contributed by atoms with E-state index in [2.05, 4.69) is 4.98 Å². The number of carbonyl (C=O) groups excluding carboxylic acids is 1. The smallest absolute Gasteiger partial charge is 0.224 e. The van der Waals surface area contributed by atoms with Gasteiger partial charge >= 0.3 is 0 Å². The van der Waals surface area contributed by atoms with Gasteiger partial charge in [0.25, 0.3) is 0 Å². The third kappa shape index (κ3) is 1.30. The normalized spacial score (nSPS) is 13.9. The van der Waals surface area contributed by atoms with Crippen molar-refractivity contribution in [2.45, 2.75) is 19.3 Å². The Morgan fingerprint density at radius 1 is 1.54 bits per heavy atom. The van der Waals surface area contributed by atoms with Crippen molar-refractivity contribution in [1.29, 1.82) is 0 Å². The Balaban J connectivity index is 2.53. The molecule has 0 aliphatic heterocycles. The number of hydrogen-bond donors (Lipinski definition) is 0. The Labute approximate surface area is 76.7 Å². The zero-order chi connectivity index (χ0) is 9.26. The van der Waals surface area contributed by atoms with E-state index in [4.69, 9.17) is 4.74 Å². The fourth-order valence-electron chi connectivity index (χ4n) is 1.72. The number of hydrogen-bond acceptors (Lipinski definition) is 3. The number of pyridine rings is 1. The molecule has 1 aliphatic rings. The Bertz CT molecular complexity index is 347. The molecule has 2 rings (SSSR count). The van der Waals surface area contributed by atoms with Gasteiger partial charge in [0, 0.05) is 5.69 Å². The Morgan fingerprint density at radius 2 is 2.38 bits per heavy atom. The summed E-state index contributed by atoms with van der Waals surface area (Å²) in [5.74, 6) is 0.454. The fourth-order valence-corrected chi connectivity index (χ4v) is 1.72. The SMILES string of the molecule is COc1nc2c(cc1C=O)CCC2. The van der Waals surface area contributed by atoms with Crippen molar-refractivity contribution in [3.8, 4) is 5.88 Å². The van der Waals surface area contributed by atoms with Gasteiger partial charge in [0.15, 0.2) is 6.29 Å². The van der Waals surface area contributed by atoms with Crippen LogP contribution in [0.1, 0.15) is 28.0 Å². The minimum absolute atomic E-state index is 0.454. The first kappa shape index (κ1) is 8.23. The summed E-state index contributed by atoms with van der Waals surface area (Å²) in [6.45, 7) is 0. The quantitative estimate of drug-likeness (QED) is 0.641. The average Bonchev–Trinajstić information content (AvgIpc) is 2.62. The summed E-state index contributed by atoms with van der Waals surface area (Å²) in [5.41, 5.74) is 2.84. The minimum atomic E-state index is 0.454. The summed E-state index contributed by atoms with van der Waals surface area (Å²) in [5, 5.41) is 0. The molecule has 0 saturated carbocycles. The molecule has 0 spiro atoms. The van der Waals surface area contributed by atoms with Gasteiger partial charge in [-0.2, -0.15) is 0 Å². The van der Waals surface area contributed by atoms with E-state index < -0.39 is 0 Å². The van der Waals surface area contributed by atoms with Crippen LogP contribution in [0.3, 0.4) is 0 Å². The molecule has 3 heteroatoms. The molecular formula is C10H11NO2. The van der Waals surface area contributed by atoms with Crippen molar-refractivity contribution in [3.63, 3.8) is 0 Å². The van der Waals surface area contributed by atoms with Crippen molar-refractivity contribution in [2.24, 2.45) is 0 Å². The third-order valence-corrected chi connectivity index (χ3v) is 2.36. The van der Waals surface area contributed by atoms with E-state index in [9.17, 15) is 4.79 Å². The van der Waals surface area contributed by atoms with Crippen LogP contribution in [0.5, 0.6) is 5.88 Å². The Hall–Kier alpha value is -1.38. The van der Waals surface area contributed by atoms with Crippen LogP contribution >= 0.6 is 0 Å². The molecule has 1 aromatic heterocycles. The molecule has 13 heavy (non-hydrogen) atoms. The molecule has 0 N–H and O–H groups in total. The number of fused-ring (bicyclic) bond motifs is 1. The molecule has 1 aliphatic carbocycles. The van der Waals surface area contributed by atoms with Gasteiger partial charge in [-0.25, -0.2) is 4.98 Å². The first-order chi connectivity index (χ1) is 6.35. The van der Waals surface area contributed by atoms with Gasteiger partial charge < -0.3 is 4.74 Å². The maximum Gasteiger partial charge on any atom is 0.224 e. The zero-order valence-electron chi connectivity index (χ0n) is 7.54. The van der Waals surface area contributed by atoms with E-state index in [1.54, 1.807) is 0 Å². The van der Waals surface area contributed by atoms with E-state index in [0.717, 1.165) is 31.2 Å². The average molecular weight is 177 g/mol. The minimum Gasteiger partial charge on any atom is -0.480 e. The molecular weight excluding hydrogens is 166 g/mol. The second-order valence-corrected chi connectivity index (χ2v) is 3.16. The van der Waals surface area contributed by atoms with E-state index >= 15 is 0 Å². The molecule has 0 atom stereocenters. The summed E-state index contributed by atoms with van der Waals surface area (Å²) in [4.78, 5) is 15.0. The van der Waals surface area contributed by atoms with Crippen LogP contribution in [-0.4, -0.2) is 18.4 Å². The summed E-state index contributed by atoms with van der Waals surface area (Å²) in [7, 11) is 1.54. The topological polar surface area (TPSA) is 39.2 Å². The largest absolute Gasteiger partial charge is 0.480 e. The first-order valence-corrected chi connectivity index (χ1v) is 4.37. The first-order valence-electron chi connectivity index (χ1n) is 4.37. The number of rotatable bonds is 2. The second kappa shape index (κ2) is 3.17. The number of methoxy groups -OCH3 is 1. The van der Waals surface area contributed by atoms with Gasteiger partial charge in [-0.15, -0.1) is 0 Å². The lowest BCUT2D eigenvalue weighted by molar-refractivity contribution is 0.112.